The molecule has 0 spiro atoms. The first-order valence-corrected chi connectivity index (χ1v) is 8.02. The van der Waals surface area contributed by atoms with E-state index in [1.807, 2.05) is 25.1 Å². The van der Waals surface area contributed by atoms with Crippen LogP contribution < -0.4 is 4.72 Å². The van der Waals surface area contributed by atoms with Gasteiger partial charge in [0.1, 0.15) is 6.04 Å². The van der Waals surface area contributed by atoms with Crippen LogP contribution in [0.4, 0.5) is 0 Å². The molecule has 0 saturated carbocycles. The number of hydrogen-bond donors (Lipinski definition) is 1. The highest BCUT2D eigenvalue weighted by Crippen LogP contribution is 2.13. The van der Waals surface area contributed by atoms with E-state index in [1.54, 1.807) is 12.1 Å². The second-order valence-corrected chi connectivity index (χ2v) is 6.20. The average Bonchev–Trinajstić information content (AvgIpc) is 2.39. The van der Waals surface area contributed by atoms with Crippen LogP contribution in [0.3, 0.4) is 0 Å². The van der Waals surface area contributed by atoms with E-state index in [9.17, 15) is 8.42 Å². The number of sulfonamides is 1. The van der Waals surface area contributed by atoms with Crippen molar-refractivity contribution in [3.63, 3.8) is 0 Å². The van der Waals surface area contributed by atoms with E-state index >= 15 is 0 Å². The van der Waals surface area contributed by atoms with Crippen LogP contribution in [0.5, 0.6) is 0 Å². The second kappa shape index (κ2) is 7.27. The topological polar surface area (TPSA) is 70.0 Å². The fourth-order valence-corrected chi connectivity index (χ4v) is 2.99. The Kier molecular flexibility index (Phi) is 6.00. The number of nitrogens with one attached hydrogen (secondary N) is 1. The van der Waals surface area contributed by atoms with E-state index in [1.165, 1.54) is 0 Å². The van der Waals surface area contributed by atoms with Crippen molar-refractivity contribution in [2.24, 2.45) is 0 Å². The Morgan fingerprint density at radius 3 is 2.32 bits per heavy atom. The van der Waals surface area contributed by atoms with Gasteiger partial charge in [-0.3, -0.25) is 0 Å². The maximum absolute atomic E-state index is 12.1. The van der Waals surface area contributed by atoms with Crippen LogP contribution in [-0.4, -0.2) is 14.5 Å². The van der Waals surface area contributed by atoms with Gasteiger partial charge >= 0.3 is 0 Å². The molecule has 0 amide bonds. The summed E-state index contributed by atoms with van der Waals surface area (Å²) in [5.74, 6) is 0. The molecule has 0 bridgehead atoms. The molecule has 4 nitrogen and oxygen atoms in total. The summed E-state index contributed by atoms with van der Waals surface area (Å²) in [6.07, 6.45) is 3.24. The van der Waals surface area contributed by atoms with Gasteiger partial charge in [0.25, 0.3) is 0 Å². The minimum Gasteiger partial charge on any atom is -0.207 e. The largest absolute Gasteiger partial charge is 0.241 e. The van der Waals surface area contributed by atoms with Crippen molar-refractivity contribution in [2.75, 3.05) is 0 Å². The highest BCUT2D eigenvalue weighted by atomic mass is 32.2. The molecule has 0 aliphatic carbocycles. The summed E-state index contributed by atoms with van der Waals surface area (Å²) >= 11 is 0. The Labute approximate surface area is 115 Å². The fraction of sp³-hybridized carbons (Fsp3) is 0.500. The second-order valence-electron chi connectivity index (χ2n) is 4.49. The number of benzene rings is 1. The van der Waals surface area contributed by atoms with Gasteiger partial charge in [-0.25, -0.2) is 8.42 Å². The first kappa shape index (κ1) is 15.7. The predicted molar refractivity (Wildman–Crippen MR) is 75.1 cm³/mol. The fourth-order valence-electron chi connectivity index (χ4n) is 1.82. The average molecular weight is 280 g/mol. The molecule has 0 radical (unpaired) electrons. The van der Waals surface area contributed by atoms with Gasteiger partial charge in [0, 0.05) is 0 Å². The summed E-state index contributed by atoms with van der Waals surface area (Å²) in [6.45, 7) is 3.99. The van der Waals surface area contributed by atoms with Gasteiger partial charge in [0.15, 0.2) is 0 Å². The van der Waals surface area contributed by atoms with Crippen LogP contribution in [0.1, 0.15) is 38.7 Å². The normalized spacial score (nSPS) is 12.9. The minimum atomic E-state index is -3.60. The zero-order valence-corrected chi connectivity index (χ0v) is 12.2. The monoisotopic (exact) mass is 280 g/mol. The molecule has 0 aromatic heterocycles. The first-order valence-electron chi connectivity index (χ1n) is 6.54. The molecule has 19 heavy (non-hydrogen) atoms. The van der Waals surface area contributed by atoms with Crippen LogP contribution in [0.2, 0.25) is 0 Å². The van der Waals surface area contributed by atoms with Gasteiger partial charge in [-0.05, 0) is 30.5 Å². The van der Waals surface area contributed by atoms with E-state index in [-0.39, 0.29) is 4.90 Å². The van der Waals surface area contributed by atoms with Crippen LogP contribution in [-0.2, 0) is 16.4 Å². The van der Waals surface area contributed by atoms with Gasteiger partial charge in [0.05, 0.1) is 11.0 Å². The first-order chi connectivity index (χ1) is 9.03. The lowest BCUT2D eigenvalue weighted by molar-refractivity contribution is 0.563. The highest BCUT2D eigenvalue weighted by Gasteiger charge is 2.18. The Balaban J connectivity index is 2.85. The van der Waals surface area contributed by atoms with Crippen LogP contribution in [0, 0.1) is 11.3 Å². The lowest BCUT2D eigenvalue weighted by Gasteiger charge is -2.11. The molecule has 0 aliphatic rings. The number of rotatable bonds is 7. The molecule has 1 aromatic carbocycles. The minimum absolute atomic E-state index is 0.212. The molecule has 0 aliphatic heterocycles. The Hall–Kier alpha value is -1.38. The number of nitriles is 1. The Morgan fingerprint density at radius 1 is 1.21 bits per heavy atom. The maximum atomic E-state index is 12.1. The predicted octanol–water partition coefficient (Wildman–Crippen LogP) is 2.61. The highest BCUT2D eigenvalue weighted by molar-refractivity contribution is 7.89. The zero-order chi connectivity index (χ0) is 14.3. The SMILES string of the molecule is CCCc1ccc(S(=O)(=O)NC(C#N)CCC)cc1. The van der Waals surface area contributed by atoms with Crippen molar-refractivity contribution < 1.29 is 8.42 Å². The van der Waals surface area contributed by atoms with E-state index in [0.717, 1.165) is 24.8 Å². The third-order valence-electron chi connectivity index (χ3n) is 2.80. The van der Waals surface area contributed by atoms with E-state index < -0.39 is 16.1 Å². The third-order valence-corrected chi connectivity index (χ3v) is 4.29. The molecule has 1 N–H and O–H groups in total. The van der Waals surface area contributed by atoms with E-state index in [4.69, 9.17) is 5.26 Å². The van der Waals surface area contributed by atoms with Crippen LogP contribution in [0.15, 0.2) is 29.2 Å². The molecule has 0 fully saturated rings. The van der Waals surface area contributed by atoms with Gasteiger partial charge in [-0.1, -0.05) is 38.8 Å². The molecular formula is C14H20N2O2S. The summed E-state index contributed by atoms with van der Waals surface area (Å²) < 4.78 is 26.6. The molecule has 0 saturated heterocycles. The van der Waals surface area contributed by atoms with Crippen molar-refractivity contribution in [3.8, 4) is 6.07 Å². The van der Waals surface area contributed by atoms with Crippen LogP contribution in [0.25, 0.3) is 0 Å². The van der Waals surface area contributed by atoms with Gasteiger partial charge < -0.3 is 0 Å². The Morgan fingerprint density at radius 2 is 1.84 bits per heavy atom. The molecule has 1 aromatic rings. The third kappa shape index (κ3) is 4.66. The maximum Gasteiger partial charge on any atom is 0.241 e. The summed E-state index contributed by atoms with van der Waals surface area (Å²) in [4.78, 5) is 0.212. The summed E-state index contributed by atoms with van der Waals surface area (Å²) in [5.41, 5.74) is 1.12. The number of nitrogens with zero attached hydrogens (tertiary/aromatic N) is 1. The lowest BCUT2D eigenvalue weighted by atomic mass is 10.1. The molecule has 1 atom stereocenters. The van der Waals surface area contributed by atoms with Crippen molar-refractivity contribution in [3.05, 3.63) is 29.8 Å². The quantitative estimate of drug-likeness (QED) is 0.834. The van der Waals surface area contributed by atoms with Crippen molar-refractivity contribution >= 4 is 10.0 Å². The summed E-state index contributed by atoms with van der Waals surface area (Å²) in [6, 6.07) is 8.13. The van der Waals surface area contributed by atoms with Crippen molar-refractivity contribution in [1.82, 2.24) is 4.72 Å². The van der Waals surface area contributed by atoms with Gasteiger partial charge in [0.2, 0.25) is 10.0 Å². The molecule has 5 heteroatoms. The van der Waals surface area contributed by atoms with E-state index in [2.05, 4.69) is 11.6 Å². The van der Waals surface area contributed by atoms with Gasteiger partial charge in [-0.15, -0.1) is 0 Å². The number of aryl methyl sites for hydroxylation is 1. The lowest BCUT2D eigenvalue weighted by Crippen LogP contribution is -2.33. The van der Waals surface area contributed by atoms with Crippen molar-refractivity contribution in [2.45, 2.75) is 50.5 Å². The molecule has 1 rings (SSSR count). The molecule has 1 unspecified atom stereocenters. The zero-order valence-electron chi connectivity index (χ0n) is 11.4. The van der Waals surface area contributed by atoms with E-state index in [0.29, 0.717) is 6.42 Å². The Bertz CT molecular complexity index is 530. The molecule has 104 valence electrons. The van der Waals surface area contributed by atoms with Gasteiger partial charge in [-0.2, -0.15) is 9.98 Å². The van der Waals surface area contributed by atoms with Crippen molar-refractivity contribution in [1.29, 1.82) is 5.26 Å². The smallest absolute Gasteiger partial charge is 0.207 e. The van der Waals surface area contributed by atoms with Crippen LogP contribution >= 0.6 is 0 Å². The number of hydrogen-bond acceptors (Lipinski definition) is 3. The molecule has 0 heterocycles. The molecular weight excluding hydrogens is 260 g/mol. The summed E-state index contributed by atoms with van der Waals surface area (Å²) in [5, 5.41) is 8.90. The summed E-state index contributed by atoms with van der Waals surface area (Å²) in [7, 11) is -3.60. The standard InChI is InChI=1S/C14H20N2O2S/c1-3-5-12-7-9-14(10-8-12)19(17,18)16-13(11-15)6-4-2/h7-10,13,16H,3-6H2,1-2H3.